The van der Waals surface area contributed by atoms with E-state index in [9.17, 15) is 22.4 Å². The average molecular weight is 276 g/mol. The first-order chi connectivity index (χ1) is 8.84. The van der Waals surface area contributed by atoms with E-state index in [0.29, 0.717) is 0 Å². The summed E-state index contributed by atoms with van der Waals surface area (Å²) in [6.45, 7) is 0. The minimum atomic E-state index is -2.14. The van der Waals surface area contributed by atoms with Crippen LogP contribution in [0.4, 0.5) is 23.4 Å². The van der Waals surface area contributed by atoms with Crippen molar-refractivity contribution in [1.29, 1.82) is 0 Å². The fourth-order valence-corrected chi connectivity index (χ4v) is 1.45. The van der Waals surface area contributed by atoms with Gasteiger partial charge in [0.1, 0.15) is 11.3 Å². The van der Waals surface area contributed by atoms with Crippen molar-refractivity contribution >= 4 is 11.9 Å². The summed E-state index contributed by atoms with van der Waals surface area (Å²) in [7, 11) is 0. The van der Waals surface area contributed by atoms with Crippen LogP contribution in [0.1, 0.15) is 10.4 Å². The van der Waals surface area contributed by atoms with Crippen molar-refractivity contribution < 1.29 is 32.0 Å². The topological polar surface area (TPSA) is 89.4 Å². The molecule has 0 radical (unpaired) electrons. The molecule has 0 aliphatic rings. The van der Waals surface area contributed by atoms with Gasteiger partial charge in [0.05, 0.1) is 5.56 Å². The Morgan fingerprint density at radius 3 is 2.05 bits per heavy atom. The van der Waals surface area contributed by atoms with E-state index in [0.717, 1.165) is 6.07 Å². The smallest absolute Gasteiger partial charge is 0.341 e. The van der Waals surface area contributed by atoms with Crippen LogP contribution in [0, 0.1) is 23.3 Å². The Morgan fingerprint density at radius 1 is 1.16 bits per heavy atom. The molecule has 1 heterocycles. The molecule has 9 heteroatoms. The number of aromatic carboxylic acids is 1. The molecule has 19 heavy (non-hydrogen) atoms. The normalized spacial score (nSPS) is 10.7. The summed E-state index contributed by atoms with van der Waals surface area (Å²) in [4.78, 5) is 10.5. The fourth-order valence-electron chi connectivity index (χ4n) is 1.45. The molecule has 0 unspecified atom stereocenters. The molecular weight excluding hydrogens is 272 g/mol. The van der Waals surface area contributed by atoms with E-state index in [1.807, 2.05) is 0 Å². The van der Waals surface area contributed by atoms with Crippen molar-refractivity contribution in [3.63, 3.8) is 0 Å². The average Bonchev–Trinajstić information content (AvgIpc) is 2.73. The summed E-state index contributed by atoms with van der Waals surface area (Å²) >= 11 is 0. The molecule has 0 amide bonds. The maximum Gasteiger partial charge on any atom is 0.341 e. The lowest BCUT2D eigenvalue weighted by Gasteiger charge is -2.07. The van der Waals surface area contributed by atoms with Gasteiger partial charge in [-0.3, -0.25) is 0 Å². The molecule has 0 bridgehead atoms. The highest BCUT2D eigenvalue weighted by Crippen LogP contribution is 2.32. The number of hydrogen-bond donors (Lipinski definition) is 2. The lowest BCUT2D eigenvalue weighted by Crippen LogP contribution is -2.11. The molecule has 0 aliphatic heterocycles. The van der Waals surface area contributed by atoms with Gasteiger partial charge in [-0.25, -0.2) is 22.4 Å². The number of nitrogens with two attached hydrogens (primary N) is 1. The largest absolute Gasteiger partial charge is 0.477 e. The first-order valence-electron chi connectivity index (χ1n) is 4.66. The number of nitrogen functional groups attached to an aromatic ring is 1. The molecule has 100 valence electrons. The first kappa shape index (κ1) is 12.9. The molecule has 0 fully saturated rings. The van der Waals surface area contributed by atoms with Gasteiger partial charge in [0.25, 0.3) is 0 Å². The van der Waals surface area contributed by atoms with E-state index < -0.39 is 46.1 Å². The number of carbonyl (C=O) groups is 1. The highest BCUT2D eigenvalue weighted by molar-refractivity contribution is 5.89. The fraction of sp³-hybridized carbons (Fsp3) is 0. The van der Waals surface area contributed by atoms with Crippen LogP contribution in [-0.2, 0) is 0 Å². The van der Waals surface area contributed by atoms with Crippen LogP contribution < -0.4 is 5.73 Å². The van der Waals surface area contributed by atoms with Gasteiger partial charge < -0.3 is 15.4 Å². The van der Waals surface area contributed by atoms with E-state index >= 15 is 0 Å². The van der Waals surface area contributed by atoms with Gasteiger partial charge in [-0.15, -0.1) is 0 Å². The quantitative estimate of drug-likeness (QED) is 0.648. The van der Waals surface area contributed by atoms with Crippen molar-refractivity contribution in [3.8, 4) is 11.3 Å². The minimum Gasteiger partial charge on any atom is -0.477 e. The number of rotatable bonds is 2. The Balaban J connectivity index is 2.81. The molecule has 2 aromatic rings. The van der Waals surface area contributed by atoms with E-state index in [1.54, 1.807) is 0 Å². The van der Waals surface area contributed by atoms with Crippen molar-refractivity contribution in [3.05, 3.63) is 34.9 Å². The second-order valence-electron chi connectivity index (χ2n) is 3.43. The highest BCUT2D eigenvalue weighted by Gasteiger charge is 2.31. The zero-order chi connectivity index (χ0) is 14.3. The van der Waals surface area contributed by atoms with Crippen LogP contribution in [0.25, 0.3) is 11.3 Å². The number of nitrogens with zero attached hydrogens (tertiary/aromatic N) is 1. The van der Waals surface area contributed by atoms with Gasteiger partial charge in [-0.1, -0.05) is 5.16 Å². The van der Waals surface area contributed by atoms with Crippen LogP contribution in [0.5, 0.6) is 0 Å². The number of carboxylic acids is 1. The Labute approximate surface area is 102 Å². The molecular formula is C10H4F4N2O3. The number of aromatic nitrogens is 1. The van der Waals surface area contributed by atoms with Gasteiger partial charge in [0, 0.05) is 6.07 Å². The zero-order valence-electron chi connectivity index (χ0n) is 8.88. The maximum absolute atomic E-state index is 13.6. The highest BCUT2D eigenvalue weighted by atomic mass is 19.2. The van der Waals surface area contributed by atoms with Crippen molar-refractivity contribution in [2.45, 2.75) is 0 Å². The van der Waals surface area contributed by atoms with E-state index in [-0.39, 0.29) is 5.88 Å². The second kappa shape index (κ2) is 4.26. The molecule has 0 aliphatic carbocycles. The van der Waals surface area contributed by atoms with E-state index in [2.05, 4.69) is 9.68 Å². The van der Waals surface area contributed by atoms with Crippen LogP contribution in [0.15, 0.2) is 10.6 Å². The summed E-state index contributed by atoms with van der Waals surface area (Å²) in [5, 5.41) is 11.6. The zero-order valence-corrected chi connectivity index (χ0v) is 8.88. The molecule has 0 saturated heterocycles. The molecule has 0 spiro atoms. The summed E-state index contributed by atoms with van der Waals surface area (Å²) in [5.74, 6) is -10.4. The predicted molar refractivity (Wildman–Crippen MR) is 53.1 cm³/mol. The van der Waals surface area contributed by atoms with Crippen molar-refractivity contribution in [2.75, 3.05) is 5.73 Å². The first-order valence-corrected chi connectivity index (χ1v) is 4.66. The molecule has 1 aromatic heterocycles. The lowest BCUT2D eigenvalue weighted by atomic mass is 10.1. The number of anilines is 1. The van der Waals surface area contributed by atoms with Crippen LogP contribution in [0.3, 0.4) is 0 Å². The number of halogens is 4. The van der Waals surface area contributed by atoms with Crippen molar-refractivity contribution in [1.82, 2.24) is 5.16 Å². The minimum absolute atomic E-state index is 0.336. The molecule has 3 N–H and O–H groups in total. The lowest BCUT2D eigenvalue weighted by molar-refractivity contribution is 0.0683. The SMILES string of the molecule is Nc1cc(-c2c(F)c(F)c(C(=O)O)c(F)c2F)no1. The van der Waals surface area contributed by atoms with Gasteiger partial charge >= 0.3 is 5.97 Å². The molecule has 0 atom stereocenters. The summed E-state index contributed by atoms with van der Waals surface area (Å²) in [6.07, 6.45) is 0. The van der Waals surface area contributed by atoms with Crippen LogP contribution >= 0.6 is 0 Å². The van der Waals surface area contributed by atoms with E-state index in [4.69, 9.17) is 10.8 Å². The van der Waals surface area contributed by atoms with Crippen LogP contribution in [0.2, 0.25) is 0 Å². The third-order valence-electron chi connectivity index (χ3n) is 2.26. The van der Waals surface area contributed by atoms with Crippen LogP contribution in [-0.4, -0.2) is 16.2 Å². The van der Waals surface area contributed by atoms with Gasteiger partial charge in [0.2, 0.25) is 5.88 Å². The Kier molecular flexibility index (Phi) is 2.89. The molecule has 2 rings (SSSR count). The molecule has 5 nitrogen and oxygen atoms in total. The summed E-state index contributed by atoms with van der Waals surface area (Å²) in [5.41, 5.74) is 1.60. The van der Waals surface area contributed by atoms with Gasteiger partial charge in [-0.2, -0.15) is 0 Å². The third-order valence-corrected chi connectivity index (χ3v) is 2.26. The summed E-state index contributed by atoms with van der Waals surface area (Å²) in [6, 6.07) is 0.834. The monoisotopic (exact) mass is 276 g/mol. The Morgan fingerprint density at radius 2 is 1.68 bits per heavy atom. The standard InChI is InChI=1S/C10H4F4N2O3/c11-6-4(2-1-3(15)19-16-2)7(12)9(14)5(8(6)13)10(17)18/h1H,15H2,(H,17,18). The van der Waals surface area contributed by atoms with E-state index in [1.165, 1.54) is 0 Å². The number of carboxylic acid groups (broad SMARTS) is 1. The van der Waals surface area contributed by atoms with Gasteiger partial charge in [0.15, 0.2) is 23.3 Å². The summed E-state index contributed by atoms with van der Waals surface area (Å²) < 4.78 is 58.3. The predicted octanol–water partition coefficient (Wildman–Crippen LogP) is 2.18. The Hall–Kier alpha value is -2.58. The third kappa shape index (κ3) is 1.88. The number of hydrogen-bond acceptors (Lipinski definition) is 4. The Bertz CT molecular complexity index is 655. The van der Waals surface area contributed by atoms with Crippen molar-refractivity contribution in [2.24, 2.45) is 0 Å². The molecule has 1 aromatic carbocycles. The number of benzene rings is 1. The molecule has 0 saturated carbocycles. The maximum atomic E-state index is 13.6. The van der Waals surface area contributed by atoms with Gasteiger partial charge in [-0.05, 0) is 0 Å². The second-order valence-corrected chi connectivity index (χ2v) is 3.43.